The second-order valence-electron chi connectivity index (χ2n) is 5.37. The molecule has 0 heterocycles. The van der Waals surface area contributed by atoms with Gasteiger partial charge in [0.2, 0.25) is 17.7 Å². The van der Waals surface area contributed by atoms with Gasteiger partial charge in [-0.05, 0) is 19.4 Å². The molecular weight excluding hydrogens is 282 g/mol. The van der Waals surface area contributed by atoms with Crippen molar-refractivity contribution in [2.45, 2.75) is 39.3 Å². The normalized spacial score (nSPS) is 11.6. The van der Waals surface area contributed by atoms with E-state index in [9.17, 15) is 14.4 Å². The molecule has 0 radical (unpaired) electrons. The number of carbonyl (C=O) groups is 3. The minimum atomic E-state index is -0.410. The van der Waals surface area contributed by atoms with Crippen molar-refractivity contribution in [3.8, 4) is 0 Å². The monoisotopic (exact) mass is 305 g/mol. The molecule has 0 saturated heterocycles. The van der Waals surface area contributed by atoms with Gasteiger partial charge in [0.25, 0.3) is 0 Å². The Balaban J connectivity index is 2.57. The molecule has 1 atom stereocenters. The van der Waals surface area contributed by atoms with Crippen LogP contribution in [0.3, 0.4) is 0 Å². The van der Waals surface area contributed by atoms with Crippen LogP contribution in [0.15, 0.2) is 30.3 Å². The summed E-state index contributed by atoms with van der Waals surface area (Å²) >= 11 is 0. The zero-order valence-electron chi connectivity index (χ0n) is 13.2. The molecule has 6 nitrogen and oxygen atoms in total. The first kappa shape index (κ1) is 17.7. The SMILES string of the molecule is CC(=O)N[C@@H](CC(=O)NCC(=O)NC(C)C)c1ccccc1. The molecule has 1 rings (SSSR count). The van der Waals surface area contributed by atoms with Crippen LogP contribution >= 0.6 is 0 Å². The van der Waals surface area contributed by atoms with Gasteiger partial charge in [0.05, 0.1) is 19.0 Å². The topological polar surface area (TPSA) is 87.3 Å². The first-order valence-corrected chi connectivity index (χ1v) is 7.26. The van der Waals surface area contributed by atoms with Gasteiger partial charge in [0, 0.05) is 13.0 Å². The molecule has 0 saturated carbocycles. The van der Waals surface area contributed by atoms with Crippen molar-refractivity contribution < 1.29 is 14.4 Å². The van der Waals surface area contributed by atoms with Crippen molar-refractivity contribution in [2.75, 3.05) is 6.54 Å². The average Bonchev–Trinajstić information content (AvgIpc) is 2.44. The molecule has 0 spiro atoms. The summed E-state index contributed by atoms with van der Waals surface area (Å²) in [6.07, 6.45) is 0.0819. The Kier molecular flexibility index (Phi) is 7.08. The van der Waals surface area contributed by atoms with Crippen LogP contribution in [0.25, 0.3) is 0 Å². The van der Waals surface area contributed by atoms with Gasteiger partial charge in [0.1, 0.15) is 0 Å². The van der Waals surface area contributed by atoms with Crippen LogP contribution in [0.1, 0.15) is 38.8 Å². The highest BCUT2D eigenvalue weighted by atomic mass is 16.2. The molecule has 0 aliphatic heterocycles. The maximum Gasteiger partial charge on any atom is 0.239 e. The number of hydrogen-bond acceptors (Lipinski definition) is 3. The molecule has 1 aromatic carbocycles. The Hall–Kier alpha value is -2.37. The number of nitrogens with one attached hydrogen (secondary N) is 3. The number of carbonyl (C=O) groups excluding carboxylic acids is 3. The van der Waals surface area contributed by atoms with E-state index in [2.05, 4.69) is 16.0 Å². The predicted molar refractivity (Wildman–Crippen MR) is 83.9 cm³/mol. The van der Waals surface area contributed by atoms with E-state index in [0.717, 1.165) is 5.56 Å². The molecule has 120 valence electrons. The van der Waals surface area contributed by atoms with Gasteiger partial charge in [-0.15, -0.1) is 0 Å². The van der Waals surface area contributed by atoms with Crippen molar-refractivity contribution >= 4 is 17.7 Å². The Bertz CT molecular complexity index is 515. The second kappa shape index (κ2) is 8.81. The van der Waals surface area contributed by atoms with Crippen LogP contribution in [0.4, 0.5) is 0 Å². The van der Waals surface area contributed by atoms with Gasteiger partial charge in [0.15, 0.2) is 0 Å². The lowest BCUT2D eigenvalue weighted by Gasteiger charge is -2.18. The van der Waals surface area contributed by atoms with E-state index in [1.54, 1.807) is 0 Å². The van der Waals surface area contributed by atoms with Gasteiger partial charge in [-0.3, -0.25) is 14.4 Å². The highest BCUT2D eigenvalue weighted by Crippen LogP contribution is 2.16. The molecule has 6 heteroatoms. The number of rotatable bonds is 7. The van der Waals surface area contributed by atoms with Crippen molar-refractivity contribution in [1.29, 1.82) is 0 Å². The van der Waals surface area contributed by atoms with Gasteiger partial charge >= 0.3 is 0 Å². The van der Waals surface area contributed by atoms with Crippen molar-refractivity contribution in [1.82, 2.24) is 16.0 Å². The van der Waals surface area contributed by atoms with Crippen molar-refractivity contribution in [3.63, 3.8) is 0 Å². The lowest BCUT2D eigenvalue weighted by atomic mass is 10.0. The molecule has 3 N–H and O–H groups in total. The Morgan fingerprint density at radius 3 is 2.18 bits per heavy atom. The fraction of sp³-hybridized carbons (Fsp3) is 0.438. The van der Waals surface area contributed by atoms with E-state index >= 15 is 0 Å². The highest BCUT2D eigenvalue weighted by molar-refractivity contribution is 5.85. The fourth-order valence-electron chi connectivity index (χ4n) is 1.99. The molecule has 0 aromatic heterocycles. The summed E-state index contributed by atoms with van der Waals surface area (Å²) in [5.74, 6) is -0.736. The summed E-state index contributed by atoms with van der Waals surface area (Å²) in [6, 6.07) is 8.87. The van der Waals surface area contributed by atoms with Crippen LogP contribution < -0.4 is 16.0 Å². The third-order valence-electron chi connectivity index (χ3n) is 2.86. The predicted octanol–water partition coefficient (Wildman–Crippen LogP) is 0.895. The van der Waals surface area contributed by atoms with E-state index < -0.39 is 6.04 Å². The zero-order chi connectivity index (χ0) is 16.5. The zero-order valence-corrected chi connectivity index (χ0v) is 13.2. The Labute approximate surface area is 130 Å². The standard InChI is InChI=1S/C16H23N3O3/c1-11(2)18-16(22)10-17-15(21)9-14(19-12(3)20)13-7-5-4-6-8-13/h4-8,11,14H,9-10H2,1-3H3,(H,17,21)(H,18,22)(H,19,20)/t14-/m0/s1. The maximum absolute atomic E-state index is 12.0. The summed E-state index contributed by atoms with van der Waals surface area (Å²) < 4.78 is 0. The van der Waals surface area contributed by atoms with Gasteiger partial charge in [-0.25, -0.2) is 0 Å². The van der Waals surface area contributed by atoms with Crippen LogP contribution in [-0.4, -0.2) is 30.3 Å². The van der Waals surface area contributed by atoms with Crippen LogP contribution in [0.2, 0.25) is 0 Å². The lowest BCUT2D eigenvalue weighted by molar-refractivity contribution is -0.127. The largest absolute Gasteiger partial charge is 0.352 e. The Morgan fingerprint density at radius 1 is 1.00 bits per heavy atom. The van der Waals surface area contributed by atoms with E-state index in [1.165, 1.54) is 6.92 Å². The number of benzene rings is 1. The van der Waals surface area contributed by atoms with Crippen LogP contribution in [-0.2, 0) is 14.4 Å². The van der Waals surface area contributed by atoms with E-state index in [1.807, 2.05) is 44.2 Å². The lowest BCUT2D eigenvalue weighted by Crippen LogP contribution is -2.41. The molecule has 0 bridgehead atoms. The molecule has 3 amide bonds. The highest BCUT2D eigenvalue weighted by Gasteiger charge is 2.17. The van der Waals surface area contributed by atoms with Crippen molar-refractivity contribution in [3.05, 3.63) is 35.9 Å². The molecule has 1 aromatic rings. The molecule has 0 aliphatic rings. The molecular formula is C16H23N3O3. The van der Waals surface area contributed by atoms with E-state index in [4.69, 9.17) is 0 Å². The van der Waals surface area contributed by atoms with Gasteiger partial charge < -0.3 is 16.0 Å². The van der Waals surface area contributed by atoms with Crippen LogP contribution in [0, 0.1) is 0 Å². The first-order chi connectivity index (χ1) is 10.4. The number of hydrogen-bond donors (Lipinski definition) is 3. The van der Waals surface area contributed by atoms with Gasteiger partial charge in [-0.2, -0.15) is 0 Å². The summed E-state index contributed by atoms with van der Waals surface area (Å²) in [5.41, 5.74) is 0.847. The molecule has 22 heavy (non-hydrogen) atoms. The second-order valence-corrected chi connectivity index (χ2v) is 5.37. The Morgan fingerprint density at radius 2 is 1.64 bits per heavy atom. The molecule has 0 fully saturated rings. The number of amides is 3. The van der Waals surface area contributed by atoms with E-state index in [0.29, 0.717) is 0 Å². The third kappa shape index (κ3) is 6.88. The minimum Gasteiger partial charge on any atom is -0.352 e. The summed E-state index contributed by atoms with van der Waals surface area (Å²) in [6.45, 7) is 5.03. The first-order valence-electron chi connectivity index (χ1n) is 7.26. The molecule has 0 unspecified atom stereocenters. The van der Waals surface area contributed by atoms with Crippen molar-refractivity contribution in [2.24, 2.45) is 0 Å². The van der Waals surface area contributed by atoms with Crippen LogP contribution in [0.5, 0.6) is 0 Å². The summed E-state index contributed by atoms with van der Waals surface area (Å²) in [4.78, 5) is 34.7. The molecule has 0 aliphatic carbocycles. The smallest absolute Gasteiger partial charge is 0.239 e. The van der Waals surface area contributed by atoms with Gasteiger partial charge in [-0.1, -0.05) is 30.3 Å². The average molecular weight is 305 g/mol. The third-order valence-corrected chi connectivity index (χ3v) is 2.86. The van der Waals surface area contributed by atoms with E-state index in [-0.39, 0.29) is 36.7 Å². The minimum absolute atomic E-state index is 0.0286. The fourth-order valence-corrected chi connectivity index (χ4v) is 1.99. The quantitative estimate of drug-likeness (QED) is 0.699. The summed E-state index contributed by atoms with van der Waals surface area (Å²) in [5, 5.41) is 8.00. The summed E-state index contributed by atoms with van der Waals surface area (Å²) in [7, 11) is 0. The maximum atomic E-state index is 12.0.